The lowest BCUT2D eigenvalue weighted by Crippen LogP contribution is -2.56. The minimum absolute atomic E-state index is 0.145. The van der Waals surface area contributed by atoms with Gasteiger partial charge in [0.15, 0.2) is 11.6 Å². The van der Waals surface area contributed by atoms with Gasteiger partial charge in [-0.2, -0.15) is 0 Å². The summed E-state index contributed by atoms with van der Waals surface area (Å²) in [7, 11) is 0. The molecule has 1 aliphatic rings. The number of nitrogens with two attached hydrogens (primary N) is 1. The Morgan fingerprint density at radius 1 is 1.43 bits per heavy atom. The molecule has 0 saturated carbocycles. The minimum atomic E-state index is -0.836. The Kier molecular flexibility index (Phi) is 5.64. The van der Waals surface area contributed by atoms with Crippen LogP contribution in [0.4, 0.5) is 8.78 Å². The Labute approximate surface area is 124 Å². The lowest BCUT2D eigenvalue weighted by atomic mass is 9.99. The number of hydrogen-bond donors (Lipinski definition) is 2. The van der Waals surface area contributed by atoms with E-state index in [1.165, 1.54) is 6.07 Å². The zero-order valence-electron chi connectivity index (χ0n) is 12.5. The summed E-state index contributed by atoms with van der Waals surface area (Å²) in [6.07, 6.45) is 0.144. The summed E-state index contributed by atoms with van der Waals surface area (Å²) < 4.78 is 32.8. The molecule has 2 atom stereocenters. The monoisotopic (exact) mass is 299 g/mol. The molecule has 0 spiro atoms. The average molecular weight is 299 g/mol. The first-order chi connectivity index (χ1) is 10.0. The lowest BCUT2D eigenvalue weighted by Gasteiger charge is -2.38. The van der Waals surface area contributed by atoms with Gasteiger partial charge in [-0.3, -0.25) is 16.2 Å². The van der Waals surface area contributed by atoms with Crippen LogP contribution in [-0.2, 0) is 11.2 Å². The summed E-state index contributed by atoms with van der Waals surface area (Å²) >= 11 is 0. The number of hydrazine groups is 1. The second-order valence-electron chi connectivity index (χ2n) is 5.69. The smallest absolute Gasteiger partial charge is 0.162 e. The summed E-state index contributed by atoms with van der Waals surface area (Å²) in [5.41, 5.74) is 2.99. The highest BCUT2D eigenvalue weighted by Crippen LogP contribution is 2.18. The Balaban J connectivity index is 2.07. The molecule has 0 bridgehead atoms. The van der Waals surface area contributed by atoms with E-state index in [2.05, 4.69) is 24.2 Å². The summed E-state index contributed by atoms with van der Waals surface area (Å²) in [6, 6.07) is 4.35. The fourth-order valence-electron chi connectivity index (χ4n) is 2.65. The lowest BCUT2D eigenvalue weighted by molar-refractivity contribution is -0.0553. The Morgan fingerprint density at radius 3 is 2.86 bits per heavy atom. The standard InChI is InChI=1S/C15H23F2N3O/c1-10(2)20-6-7-21-14(9-20)13(19-18)8-11-4-3-5-12(16)15(11)17/h3-5,10,13-14,19H,6-9,18H2,1-2H3. The third-order valence-corrected chi connectivity index (χ3v) is 3.99. The van der Waals surface area contributed by atoms with Crippen LogP contribution >= 0.6 is 0 Å². The molecule has 0 aliphatic carbocycles. The molecule has 6 heteroatoms. The van der Waals surface area contributed by atoms with E-state index in [0.29, 0.717) is 18.2 Å². The summed E-state index contributed by atoms with van der Waals surface area (Å²) in [4.78, 5) is 2.29. The molecule has 3 N–H and O–H groups in total. The molecule has 1 saturated heterocycles. The second kappa shape index (κ2) is 7.26. The topological polar surface area (TPSA) is 50.5 Å². The molecule has 1 heterocycles. The van der Waals surface area contributed by atoms with Crippen molar-refractivity contribution in [1.29, 1.82) is 0 Å². The highest BCUT2D eigenvalue weighted by molar-refractivity contribution is 5.20. The van der Waals surface area contributed by atoms with Crippen LogP contribution in [0.3, 0.4) is 0 Å². The molecule has 1 fully saturated rings. The molecule has 0 amide bonds. The minimum Gasteiger partial charge on any atom is -0.374 e. The molecule has 1 aromatic carbocycles. The Bertz CT molecular complexity index is 470. The van der Waals surface area contributed by atoms with Gasteiger partial charge < -0.3 is 4.74 Å². The zero-order valence-corrected chi connectivity index (χ0v) is 12.5. The van der Waals surface area contributed by atoms with Crippen molar-refractivity contribution in [1.82, 2.24) is 10.3 Å². The van der Waals surface area contributed by atoms with Crippen LogP contribution in [-0.4, -0.2) is 42.8 Å². The van der Waals surface area contributed by atoms with Crippen LogP contribution in [0.5, 0.6) is 0 Å². The maximum absolute atomic E-state index is 13.8. The molecule has 1 aromatic rings. The molecular weight excluding hydrogens is 276 g/mol. The van der Waals surface area contributed by atoms with Gasteiger partial charge in [0.2, 0.25) is 0 Å². The SMILES string of the molecule is CC(C)N1CCOC(C(Cc2cccc(F)c2F)NN)C1. The molecule has 0 aromatic heterocycles. The van der Waals surface area contributed by atoms with E-state index in [9.17, 15) is 8.78 Å². The number of hydrogen-bond acceptors (Lipinski definition) is 4. The Morgan fingerprint density at radius 2 is 2.19 bits per heavy atom. The summed E-state index contributed by atoms with van der Waals surface area (Å²) in [6.45, 7) is 6.47. The van der Waals surface area contributed by atoms with E-state index in [-0.39, 0.29) is 18.6 Å². The van der Waals surface area contributed by atoms with Crippen LogP contribution in [0.15, 0.2) is 18.2 Å². The summed E-state index contributed by atoms with van der Waals surface area (Å²) in [5, 5.41) is 0. The van der Waals surface area contributed by atoms with Gasteiger partial charge in [-0.05, 0) is 31.9 Å². The van der Waals surface area contributed by atoms with Gasteiger partial charge in [0.25, 0.3) is 0 Å². The van der Waals surface area contributed by atoms with Crippen LogP contribution in [0, 0.1) is 11.6 Å². The molecule has 2 unspecified atom stereocenters. The average Bonchev–Trinajstić information content (AvgIpc) is 2.49. The van der Waals surface area contributed by atoms with Gasteiger partial charge in [-0.25, -0.2) is 8.78 Å². The van der Waals surface area contributed by atoms with Gasteiger partial charge in [0.05, 0.1) is 18.8 Å². The maximum Gasteiger partial charge on any atom is 0.162 e. The van der Waals surface area contributed by atoms with Gasteiger partial charge >= 0.3 is 0 Å². The second-order valence-corrected chi connectivity index (χ2v) is 5.69. The molecule has 4 nitrogen and oxygen atoms in total. The van der Waals surface area contributed by atoms with Crippen molar-refractivity contribution in [2.75, 3.05) is 19.7 Å². The van der Waals surface area contributed by atoms with Crippen LogP contribution < -0.4 is 11.3 Å². The predicted octanol–water partition coefficient (Wildman–Crippen LogP) is 1.45. The van der Waals surface area contributed by atoms with E-state index in [1.54, 1.807) is 6.07 Å². The van der Waals surface area contributed by atoms with E-state index >= 15 is 0 Å². The Hall–Kier alpha value is -1.08. The van der Waals surface area contributed by atoms with Gasteiger partial charge in [-0.1, -0.05) is 12.1 Å². The van der Waals surface area contributed by atoms with Crippen molar-refractivity contribution in [2.45, 2.75) is 38.5 Å². The van der Waals surface area contributed by atoms with Crippen molar-refractivity contribution in [3.8, 4) is 0 Å². The number of nitrogens with zero attached hydrogens (tertiary/aromatic N) is 1. The number of ether oxygens (including phenoxy) is 1. The van der Waals surface area contributed by atoms with E-state index < -0.39 is 11.6 Å². The number of nitrogens with one attached hydrogen (secondary N) is 1. The maximum atomic E-state index is 13.8. The number of morpholine rings is 1. The van der Waals surface area contributed by atoms with E-state index in [1.807, 2.05) is 0 Å². The van der Waals surface area contributed by atoms with Crippen molar-refractivity contribution < 1.29 is 13.5 Å². The highest BCUT2D eigenvalue weighted by atomic mass is 19.2. The van der Waals surface area contributed by atoms with Crippen molar-refractivity contribution >= 4 is 0 Å². The van der Waals surface area contributed by atoms with Crippen LogP contribution in [0.2, 0.25) is 0 Å². The molecule has 1 aliphatic heterocycles. The number of benzene rings is 1. The first kappa shape index (κ1) is 16.3. The van der Waals surface area contributed by atoms with Crippen molar-refractivity contribution in [3.63, 3.8) is 0 Å². The quantitative estimate of drug-likeness (QED) is 0.638. The van der Waals surface area contributed by atoms with Crippen LogP contribution in [0.1, 0.15) is 19.4 Å². The van der Waals surface area contributed by atoms with E-state index in [4.69, 9.17) is 10.6 Å². The predicted molar refractivity (Wildman–Crippen MR) is 77.6 cm³/mol. The molecule has 0 radical (unpaired) electrons. The van der Waals surface area contributed by atoms with Gasteiger partial charge in [-0.15, -0.1) is 0 Å². The zero-order chi connectivity index (χ0) is 15.4. The fourth-order valence-corrected chi connectivity index (χ4v) is 2.65. The normalized spacial score (nSPS) is 21.7. The third-order valence-electron chi connectivity index (χ3n) is 3.99. The van der Waals surface area contributed by atoms with Crippen LogP contribution in [0.25, 0.3) is 0 Å². The van der Waals surface area contributed by atoms with Crippen molar-refractivity contribution in [2.24, 2.45) is 5.84 Å². The van der Waals surface area contributed by atoms with E-state index in [0.717, 1.165) is 19.2 Å². The first-order valence-electron chi connectivity index (χ1n) is 7.27. The van der Waals surface area contributed by atoms with Gasteiger partial charge in [0, 0.05) is 19.1 Å². The third kappa shape index (κ3) is 3.97. The summed E-state index contributed by atoms with van der Waals surface area (Å²) in [5.74, 6) is 3.95. The molecule has 2 rings (SSSR count). The first-order valence-corrected chi connectivity index (χ1v) is 7.27. The molecule has 118 valence electrons. The number of rotatable bonds is 5. The van der Waals surface area contributed by atoms with Crippen molar-refractivity contribution in [3.05, 3.63) is 35.4 Å². The van der Waals surface area contributed by atoms with Gasteiger partial charge in [0.1, 0.15) is 0 Å². The largest absolute Gasteiger partial charge is 0.374 e. The number of halogens is 2. The fraction of sp³-hybridized carbons (Fsp3) is 0.600. The molecule has 21 heavy (non-hydrogen) atoms. The molecular formula is C15H23F2N3O. The highest BCUT2D eigenvalue weighted by Gasteiger charge is 2.29.